The van der Waals surface area contributed by atoms with Crippen LogP contribution in [-0.2, 0) is 11.2 Å². The van der Waals surface area contributed by atoms with Gasteiger partial charge < -0.3 is 14.6 Å². The van der Waals surface area contributed by atoms with Crippen LogP contribution < -0.4 is 14.6 Å². The number of hydrogen-bond acceptors (Lipinski definition) is 6. The van der Waals surface area contributed by atoms with E-state index in [0.717, 1.165) is 16.7 Å². The highest BCUT2D eigenvalue weighted by atomic mass is 16.7. The molecule has 2 N–H and O–H groups in total. The highest BCUT2D eigenvalue weighted by Gasteiger charge is 2.29. The molecule has 0 fully saturated rings. The van der Waals surface area contributed by atoms with Crippen LogP contribution in [0, 0.1) is 11.8 Å². The molecule has 8 nitrogen and oxygen atoms in total. The first-order valence-corrected chi connectivity index (χ1v) is 7.87. The van der Waals surface area contributed by atoms with Gasteiger partial charge in [-0.2, -0.15) is 0 Å². The molecule has 26 heavy (non-hydrogen) atoms. The second kappa shape index (κ2) is 6.07. The van der Waals surface area contributed by atoms with Crippen LogP contribution in [0.1, 0.15) is 22.3 Å². The molecule has 0 spiro atoms. The lowest BCUT2D eigenvalue weighted by Gasteiger charge is -2.08. The van der Waals surface area contributed by atoms with E-state index in [0.29, 0.717) is 28.5 Å². The van der Waals surface area contributed by atoms with E-state index in [9.17, 15) is 14.8 Å². The van der Waals surface area contributed by atoms with Crippen molar-refractivity contribution in [1.29, 1.82) is 0 Å². The Morgan fingerprint density at radius 2 is 2.00 bits per heavy atom. The Labute approximate surface area is 147 Å². The highest BCUT2D eigenvalue weighted by Crippen LogP contribution is 2.36. The van der Waals surface area contributed by atoms with E-state index in [1.54, 1.807) is 31.2 Å². The molecule has 0 aliphatic carbocycles. The molecule has 0 saturated carbocycles. The number of rotatable bonds is 3. The van der Waals surface area contributed by atoms with E-state index in [1.165, 1.54) is 0 Å². The summed E-state index contributed by atoms with van der Waals surface area (Å²) in [7, 11) is 0. The summed E-state index contributed by atoms with van der Waals surface area (Å²) >= 11 is 0. The molecule has 2 heterocycles. The summed E-state index contributed by atoms with van der Waals surface area (Å²) in [6.45, 7) is 1.91. The maximum absolute atomic E-state index is 11.4. The molecule has 4 rings (SSSR count). The van der Waals surface area contributed by atoms with Crippen LogP contribution in [-0.4, -0.2) is 29.3 Å². The maximum Gasteiger partial charge on any atom is 0.356 e. The average molecular weight is 352 g/mol. The van der Waals surface area contributed by atoms with E-state index in [1.807, 2.05) is 6.07 Å². The number of aliphatic carboxylic acids is 1. The average Bonchev–Trinajstić information content (AvgIpc) is 2.99. The SMILES string of the molecule is Cc1cc(C2=[NH+]N=C(C(=O)O)Cc3cc4c(cc32)OCO4)ccc1N=O. The Balaban J connectivity index is 1.91. The van der Waals surface area contributed by atoms with Crippen molar-refractivity contribution in [3.05, 3.63) is 57.5 Å². The molecule has 2 aromatic carbocycles. The van der Waals surface area contributed by atoms with E-state index < -0.39 is 5.97 Å². The first-order valence-electron chi connectivity index (χ1n) is 7.87. The number of ether oxygens (including phenoxy) is 2. The largest absolute Gasteiger partial charge is 0.477 e. The minimum absolute atomic E-state index is 0.0111. The van der Waals surface area contributed by atoms with Crippen molar-refractivity contribution in [3.63, 3.8) is 0 Å². The number of carboxylic acids is 1. The number of fused-ring (bicyclic) bond motifs is 2. The number of hydrazone groups is 1. The van der Waals surface area contributed by atoms with Gasteiger partial charge in [0.1, 0.15) is 5.69 Å². The Kier molecular flexibility index (Phi) is 3.72. The predicted octanol–water partition coefficient (Wildman–Crippen LogP) is 1.04. The Morgan fingerprint density at radius 1 is 1.23 bits per heavy atom. The summed E-state index contributed by atoms with van der Waals surface area (Å²) in [6.07, 6.45) is 0.144. The van der Waals surface area contributed by atoms with Crippen molar-refractivity contribution in [2.45, 2.75) is 13.3 Å². The number of hydrogen-bond donors (Lipinski definition) is 2. The lowest BCUT2D eigenvalue weighted by Crippen LogP contribution is -2.67. The van der Waals surface area contributed by atoms with Crippen molar-refractivity contribution in [1.82, 2.24) is 0 Å². The maximum atomic E-state index is 11.4. The van der Waals surface area contributed by atoms with Gasteiger partial charge in [-0.15, -0.1) is 4.91 Å². The van der Waals surface area contributed by atoms with Crippen LogP contribution in [0.15, 0.2) is 40.6 Å². The standard InChI is InChI=1S/C18H13N3O5/c1-9-4-10(2-3-13(9)21-24)17-12-7-16-15(25-8-26-16)6-11(12)5-14(18(22)23)19-20-17/h2-4,6-7H,5,8H2,1H3,(H,22,23)/p+1. The number of nitrogens with zero attached hydrogens (tertiary/aromatic N) is 2. The summed E-state index contributed by atoms with van der Waals surface area (Å²) < 4.78 is 10.9. The Morgan fingerprint density at radius 3 is 2.69 bits per heavy atom. The summed E-state index contributed by atoms with van der Waals surface area (Å²) in [5, 5.41) is 19.2. The zero-order valence-electron chi connectivity index (χ0n) is 13.8. The first kappa shape index (κ1) is 15.9. The molecule has 0 saturated heterocycles. The molecule has 0 atom stereocenters. The number of carbonyl (C=O) groups is 1. The molecule has 130 valence electrons. The zero-order valence-corrected chi connectivity index (χ0v) is 13.8. The summed E-state index contributed by atoms with van der Waals surface area (Å²) in [6, 6.07) is 8.74. The number of carboxylic acid groups (broad SMARTS) is 1. The van der Waals surface area contributed by atoms with Gasteiger partial charge in [-0.25, -0.2) is 4.79 Å². The Bertz CT molecular complexity index is 1010. The van der Waals surface area contributed by atoms with Gasteiger partial charge in [0.25, 0.3) is 0 Å². The lowest BCUT2D eigenvalue weighted by atomic mass is 9.93. The number of nitroso groups, excluding NO2 is 1. The van der Waals surface area contributed by atoms with Crippen molar-refractivity contribution in [3.8, 4) is 11.5 Å². The third kappa shape index (κ3) is 2.61. The monoisotopic (exact) mass is 352 g/mol. The fraction of sp³-hybridized carbons (Fsp3) is 0.167. The van der Waals surface area contributed by atoms with Crippen LogP contribution in [0.4, 0.5) is 5.69 Å². The molecule has 2 aromatic rings. The normalized spacial score (nSPS) is 14.8. The molecule has 2 aliphatic rings. The quantitative estimate of drug-likeness (QED) is 0.802. The smallest absolute Gasteiger partial charge is 0.356 e. The van der Waals surface area contributed by atoms with E-state index in [4.69, 9.17) is 9.47 Å². The summed E-state index contributed by atoms with van der Waals surface area (Å²) in [4.78, 5) is 22.3. The molecule has 0 unspecified atom stereocenters. The van der Waals surface area contributed by atoms with Crippen molar-refractivity contribution in [2.24, 2.45) is 10.3 Å². The third-order valence-electron chi connectivity index (χ3n) is 4.36. The van der Waals surface area contributed by atoms with Gasteiger partial charge in [-0.3, -0.25) is 0 Å². The minimum atomic E-state index is -1.10. The van der Waals surface area contributed by atoms with Crippen molar-refractivity contribution in [2.75, 3.05) is 6.79 Å². The fourth-order valence-electron chi connectivity index (χ4n) is 3.02. The summed E-state index contributed by atoms with van der Waals surface area (Å²) in [5.41, 5.74) is 3.94. The van der Waals surface area contributed by atoms with Crippen LogP contribution in [0.25, 0.3) is 0 Å². The van der Waals surface area contributed by atoms with E-state index in [2.05, 4.69) is 15.4 Å². The van der Waals surface area contributed by atoms with Crippen LogP contribution in [0.2, 0.25) is 0 Å². The molecule has 0 amide bonds. The van der Waals surface area contributed by atoms with E-state index in [-0.39, 0.29) is 18.9 Å². The third-order valence-corrected chi connectivity index (χ3v) is 4.36. The van der Waals surface area contributed by atoms with Gasteiger partial charge in [0.2, 0.25) is 12.5 Å². The van der Waals surface area contributed by atoms with Gasteiger partial charge in [-0.1, -0.05) is 5.10 Å². The van der Waals surface area contributed by atoms with Crippen LogP contribution in [0.3, 0.4) is 0 Å². The second-order valence-electron chi connectivity index (χ2n) is 5.98. The molecular weight excluding hydrogens is 338 g/mol. The molecule has 2 aliphatic heterocycles. The van der Waals surface area contributed by atoms with E-state index >= 15 is 0 Å². The van der Waals surface area contributed by atoms with Crippen LogP contribution >= 0.6 is 0 Å². The zero-order chi connectivity index (χ0) is 18.3. The van der Waals surface area contributed by atoms with Gasteiger partial charge in [0, 0.05) is 17.1 Å². The van der Waals surface area contributed by atoms with Crippen molar-refractivity contribution < 1.29 is 24.5 Å². The Hall–Kier alpha value is -3.55. The van der Waals surface area contributed by atoms with Gasteiger partial charge >= 0.3 is 5.97 Å². The van der Waals surface area contributed by atoms with Gasteiger partial charge in [0.15, 0.2) is 17.2 Å². The molecule has 8 heteroatoms. The molecule has 0 aromatic heterocycles. The fourth-order valence-corrected chi connectivity index (χ4v) is 3.02. The number of benzene rings is 2. The lowest BCUT2D eigenvalue weighted by molar-refractivity contribution is -0.460. The minimum Gasteiger partial charge on any atom is -0.477 e. The molecule has 0 radical (unpaired) electrons. The second-order valence-corrected chi connectivity index (χ2v) is 5.98. The topological polar surface area (TPSA) is 112 Å². The molecule has 0 bridgehead atoms. The van der Waals surface area contributed by atoms with Crippen molar-refractivity contribution >= 4 is 23.1 Å². The highest BCUT2D eigenvalue weighted by molar-refractivity contribution is 6.36. The van der Waals surface area contributed by atoms with Crippen LogP contribution in [0.5, 0.6) is 11.5 Å². The van der Waals surface area contributed by atoms with Gasteiger partial charge in [-0.05, 0) is 53.6 Å². The number of nitrogens with one attached hydrogen (secondary N) is 1. The molecular formula is C18H14N3O5+. The predicted molar refractivity (Wildman–Crippen MR) is 92.1 cm³/mol. The van der Waals surface area contributed by atoms with Gasteiger partial charge in [0.05, 0.1) is 5.56 Å². The summed E-state index contributed by atoms with van der Waals surface area (Å²) in [5.74, 6) is 0.0650. The number of aryl methyl sites for hydroxylation is 1. The first-order chi connectivity index (χ1) is 12.6.